The molecule has 0 radical (unpaired) electrons. The van der Waals surface area contributed by atoms with E-state index in [4.69, 9.17) is 0 Å². The number of amides is 1. The summed E-state index contributed by atoms with van der Waals surface area (Å²) in [5.74, 6) is 0.433. The van der Waals surface area contributed by atoms with Crippen LogP contribution in [-0.2, 0) is 18.3 Å². The van der Waals surface area contributed by atoms with Gasteiger partial charge in [-0.2, -0.15) is 5.10 Å². The first kappa shape index (κ1) is 14.6. The number of hydrogen-bond acceptors (Lipinski definition) is 3. The number of aromatic nitrogens is 2. The molecule has 0 bridgehead atoms. The van der Waals surface area contributed by atoms with Gasteiger partial charge in [0.05, 0.1) is 18.2 Å². The Hall–Kier alpha value is -1.36. The zero-order valence-corrected chi connectivity index (χ0v) is 12.7. The number of nitrogens with zero attached hydrogens (tertiary/aromatic N) is 3. The molecule has 1 amide bonds. The maximum atomic E-state index is 12.6. The van der Waals surface area contributed by atoms with E-state index >= 15 is 0 Å². The van der Waals surface area contributed by atoms with Crippen molar-refractivity contribution in [2.75, 3.05) is 6.54 Å². The van der Waals surface area contributed by atoms with Gasteiger partial charge < -0.3 is 10.0 Å². The molecule has 1 aromatic rings. The first-order chi connectivity index (χ1) is 10.1. The van der Waals surface area contributed by atoms with Crippen molar-refractivity contribution in [3.05, 3.63) is 18.0 Å². The van der Waals surface area contributed by atoms with Crippen molar-refractivity contribution in [1.29, 1.82) is 0 Å². The fourth-order valence-corrected chi connectivity index (χ4v) is 3.95. The van der Waals surface area contributed by atoms with Crippen LogP contribution >= 0.6 is 0 Å². The molecule has 116 valence electrons. The van der Waals surface area contributed by atoms with Gasteiger partial charge in [0.1, 0.15) is 0 Å². The number of aryl methyl sites for hydroxylation is 1. The summed E-state index contributed by atoms with van der Waals surface area (Å²) in [7, 11) is 1.87. The van der Waals surface area contributed by atoms with Crippen LogP contribution in [0.15, 0.2) is 12.3 Å². The number of carbonyl (C=O) groups excluding carboxylic acids is 1. The number of hydrogen-bond donors (Lipinski definition) is 1. The highest BCUT2D eigenvalue weighted by Gasteiger charge is 2.38. The minimum Gasteiger partial charge on any atom is -0.393 e. The molecule has 5 heteroatoms. The lowest BCUT2D eigenvalue weighted by Gasteiger charge is -2.37. The Morgan fingerprint density at radius 1 is 1.33 bits per heavy atom. The first-order valence-corrected chi connectivity index (χ1v) is 8.11. The van der Waals surface area contributed by atoms with Crippen LogP contribution in [0.2, 0.25) is 0 Å². The predicted molar refractivity (Wildman–Crippen MR) is 79.6 cm³/mol. The van der Waals surface area contributed by atoms with Crippen molar-refractivity contribution in [3.63, 3.8) is 0 Å². The van der Waals surface area contributed by atoms with Crippen LogP contribution < -0.4 is 0 Å². The van der Waals surface area contributed by atoms with E-state index in [1.807, 2.05) is 24.2 Å². The third kappa shape index (κ3) is 3.12. The SMILES string of the molecule is Cn1ccc(CC(=O)N2CCCC2C2CCCCC2O)n1. The molecule has 0 spiro atoms. The van der Waals surface area contributed by atoms with E-state index in [0.717, 1.165) is 44.3 Å². The average Bonchev–Trinajstić information content (AvgIpc) is 3.08. The molecule has 2 aliphatic rings. The molecular formula is C16H25N3O2. The summed E-state index contributed by atoms with van der Waals surface area (Å²) in [6.07, 6.45) is 8.36. The second kappa shape index (κ2) is 6.18. The minimum absolute atomic E-state index is 0.161. The largest absolute Gasteiger partial charge is 0.393 e. The van der Waals surface area contributed by atoms with E-state index in [9.17, 15) is 9.90 Å². The summed E-state index contributed by atoms with van der Waals surface area (Å²) in [5.41, 5.74) is 0.831. The van der Waals surface area contributed by atoms with Crippen LogP contribution in [0.1, 0.15) is 44.2 Å². The van der Waals surface area contributed by atoms with Crippen LogP contribution in [0.3, 0.4) is 0 Å². The third-order valence-corrected chi connectivity index (χ3v) is 5.00. The van der Waals surface area contributed by atoms with Gasteiger partial charge in [0.2, 0.25) is 5.91 Å². The van der Waals surface area contributed by atoms with Gasteiger partial charge in [0.25, 0.3) is 0 Å². The van der Waals surface area contributed by atoms with Gasteiger partial charge in [0, 0.05) is 31.7 Å². The lowest BCUT2D eigenvalue weighted by molar-refractivity contribution is -0.133. The van der Waals surface area contributed by atoms with Gasteiger partial charge in [-0.15, -0.1) is 0 Å². The van der Waals surface area contributed by atoms with E-state index in [1.165, 1.54) is 6.42 Å². The van der Waals surface area contributed by atoms with E-state index in [-0.39, 0.29) is 24.0 Å². The Labute approximate surface area is 125 Å². The topological polar surface area (TPSA) is 58.4 Å². The van der Waals surface area contributed by atoms with Gasteiger partial charge in [-0.1, -0.05) is 12.8 Å². The number of rotatable bonds is 3. The monoisotopic (exact) mass is 291 g/mol. The highest BCUT2D eigenvalue weighted by atomic mass is 16.3. The van der Waals surface area contributed by atoms with Gasteiger partial charge in [-0.25, -0.2) is 0 Å². The Morgan fingerprint density at radius 3 is 2.86 bits per heavy atom. The Bertz CT molecular complexity index is 499. The molecule has 1 aliphatic carbocycles. The molecule has 21 heavy (non-hydrogen) atoms. The van der Waals surface area contributed by atoms with Gasteiger partial charge in [-0.05, 0) is 31.7 Å². The fourth-order valence-electron chi connectivity index (χ4n) is 3.95. The molecule has 3 unspecified atom stereocenters. The minimum atomic E-state index is -0.230. The summed E-state index contributed by atoms with van der Waals surface area (Å²) in [4.78, 5) is 14.6. The molecule has 1 N–H and O–H groups in total. The molecule has 1 aromatic heterocycles. The molecule has 1 aliphatic heterocycles. The lowest BCUT2D eigenvalue weighted by atomic mass is 9.80. The molecule has 1 saturated carbocycles. The lowest BCUT2D eigenvalue weighted by Crippen LogP contribution is -2.45. The number of aliphatic hydroxyl groups is 1. The van der Waals surface area contributed by atoms with Crippen molar-refractivity contribution >= 4 is 5.91 Å². The maximum Gasteiger partial charge on any atom is 0.228 e. The molecule has 2 fully saturated rings. The zero-order chi connectivity index (χ0) is 14.8. The number of carbonyl (C=O) groups is 1. The molecule has 0 aromatic carbocycles. The van der Waals surface area contributed by atoms with E-state index in [0.29, 0.717) is 6.42 Å². The van der Waals surface area contributed by atoms with Crippen LogP contribution in [0, 0.1) is 5.92 Å². The van der Waals surface area contributed by atoms with E-state index < -0.39 is 0 Å². The standard InChI is InChI=1S/C16H25N3O2/c1-18-10-8-12(17-18)11-16(21)19-9-4-6-14(19)13-5-2-3-7-15(13)20/h8,10,13-15,20H,2-7,9,11H2,1H3. The summed E-state index contributed by atoms with van der Waals surface area (Å²) in [6.45, 7) is 0.833. The Kier molecular flexibility index (Phi) is 4.29. The number of likely N-dealkylation sites (tertiary alicyclic amines) is 1. The van der Waals surface area contributed by atoms with Crippen molar-refractivity contribution in [2.45, 2.75) is 57.1 Å². The molecule has 3 atom stereocenters. The highest BCUT2D eigenvalue weighted by Crippen LogP contribution is 2.34. The van der Waals surface area contributed by atoms with Gasteiger partial charge >= 0.3 is 0 Å². The molecule has 2 heterocycles. The fraction of sp³-hybridized carbons (Fsp3) is 0.750. The highest BCUT2D eigenvalue weighted by molar-refractivity contribution is 5.79. The van der Waals surface area contributed by atoms with Crippen LogP contribution in [-0.4, -0.2) is 44.4 Å². The van der Waals surface area contributed by atoms with Crippen LogP contribution in [0.4, 0.5) is 0 Å². The van der Waals surface area contributed by atoms with Crippen LogP contribution in [0.5, 0.6) is 0 Å². The summed E-state index contributed by atoms with van der Waals surface area (Å²) >= 11 is 0. The molecule has 3 rings (SSSR count). The van der Waals surface area contributed by atoms with Crippen LogP contribution in [0.25, 0.3) is 0 Å². The summed E-state index contributed by atoms with van der Waals surface area (Å²) in [6, 6.07) is 2.13. The maximum absolute atomic E-state index is 12.6. The van der Waals surface area contributed by atoms with Crippen molar-refractivity contribution in [3.8, 4) is 0 Å². The predicted octanol–water partition coefficient (Wildman–Crippen LogP) is 1.50. The van der Waals surface area contributed by atoms with Crippen molar-refractivity contribution < 1.29 is 9.90 Å². The number of aliphatic hydroxyl groups excluding tert-OH is 1. The second-order valence-electron chi connectivity index (χ2n) is 6.47. The Morgan fingerprint density at radius 2 is 2.14 bits per heavy atom. The van der Waals surface area contributed by atoms with E-state index in [1.54, 1.807) is 4.68 Å². The summed E-state index contributed by atoms with van der Waals surface area (Å²) < 4.78 is 1.73. The van der Waals surface area contributed by atoms with Gasteiger partial charge in [0.15, 0.2) is 0 Å². The quantitative estimate of drug-likeness (QED) is 0.918. The molecular weight excluding hydrogens is 266 g/mol. The normalized spacial score (nSPS) is 29.8. The molecule has 5 nitrogen and oxygen atoms in total. The van der Waals surface area contributed by atoms with Crippen molar-refractivity contribution in [2.24, 2.45) is 13.0 Å². The molecule has 1 saturated heterocycles. The van der Waals surface area contributed by atoms with Gasteiger partial charge in [-0.3, -0.25) is 9.48 Å². The van der Waals surface area contributed by atoms with Crippen molar-refractivity contribution in [1.82, 2.24) is 14.7 Å². The Balaban J connectivity index is 1.66. The second-order valence-corrected chi connectivity index (χ2v) is 6.47. The smallest absolute Gasteiger partial charge is 0.228 e. The zero-order valence-electron chi connectivity index (χ0n) is 12.7. The third-order valence-electron chi connectivity index (χ3n) is 5.00. The summed E-state index contributed by atoms with van der Waals surface area (Å²) in [5, 5.41) is 14.6. The average molecular weight is 291 g/mol. The first-order valence-electron chi connectivity index (χ1n) is 8.11. The van der Waals surface area contributed by atoms with E-state index in [2.05, 4.69) is 5.10 Å².